The van der Waals surface area contributed by atoms with E-state index < -0.39 is 6.03 Å². The molecule has 2 rings (SSSR count). The zero-order chi connectivity index (χ0) is 11.4. The number of hydrogen-bond acceptors (Lipinski definition) is 3. The topological polar surface area (TPSA) is 73.6 Å². The summed E-state index contributed by atoms with van der Waals surface area (Å²) in [6.45, 7) is 0. The van der Waals surface area contributed by atoms with E-state index in [2.05, 4.69) is 11.4 Å². The Bertz CT molecular complexity index is 419. The second-order valence-electron chi connectivity index (χ2n) is 3.35. The number of nitrogens with one attached hydrogen (secondary N) is 1. The van der Waals surface area contributed by atoms with Crippen LogP contribution in [0.5, 0.6) is 0 Å². The lowest BCUT2D eigenvalue weighted by atomic mass is 10.0. The number of allylic oxidation sites excluding steroid dienone is 4. The first-order valence-corrected chi connectivity index (χ1v) is 4.92. The second-order valence-corrected chi connectivity index (χ2v) is 3.35. The highest BCUT2D eigenvalue weighted by atomic mass is 16.6. The van der Waals surface area contributed by atoms with Gasteiger partial charge in [-0.1, -0.05) is 18.2 Å². The minimum atomic E-state index is -0.686. The van der Waals surface area contributed by atoms with E-state index in [0.717, 1.165) is 18.4 Å². The van der Waals surface area contributed by atoms with Crippen molar-refractivity contribution in [2.75, 3.05) is 0 Å². The summed E-state index contributed by atoms with van der Waals surface area (Å²) in [5.41, 5.74) is 6.00. The molecule has 0 aromatic heterocycles. The number of ether oxygens (including phenoxy) is 2. The van der Waals surface area contributed by atoms with Crippen molar-refractivity contribution in [3.05, 3.63) is 48.0 Å². The van der Waals surface area contributed by atoms with Crippen LogP contribution in [0.3, 0.4) is 0 Å². The summed E-state index contributed by atoms with van der Waals surface area (Å²) in [6.07, 6.45) is 10.6. The van der Waals surface area contributed by atoms with Crippen molar-refractivity contribution < 1.29 is 14.3 Å². The first kappa shape index (κ1) is 10.4. The molecule has 0 radical (unpaired) electrons. The Balaban J connectivity index is 2.03. The van der Waals surface area contributed by atoms with Gasteiger partial charge in [-0.15, -0.1) is 0 Å². The van der Waals surface area contributed by atoms with Gasteiger partial charge >= 0.3 is 6.03 Å². The minimum absolute atomic E-state index is 0.195. The molecule has 0 bridgehead atoms. The summed E-state index contributed by atoms with van der Waals surface area (Å²) in [5, 5.41) is 2.32. The van der Waals surface area contributed by atoms with Crippen LogP contribution >= 0.6 is 0 Å². The van der Waals surface area contributed by atoms with Crippen LogP contribution in [-0.2, 0) is 9.47 Å². The third-order valence-corrected chi connectivity index (χ3v) is 2.15. The summed E-state index contributed by atoms with van der Waals surface area (Å²) < 4.78 is 10.5. The predicted molar refractivity (Wildman–Crippen MR) is 57.5 cm³/mol. The molecule has 0 fully saturated rings. The molecule has 5 heteroatoms. The van der Waals surface area contributed by atoms with Crippen LogP contribution in [0.4, 0.5) is 4.79 Å². The van der Waals surface area contributed by atoms with Crippen LogP contribution in [0.25, 0.3) is 0 Å². The van der Waals surface area contributed by atoms with Crippen molar-refractivity contribution in [2.24, 2.45) is 5.73 Å². The Hall–Kier alpha value is -2.17. The van der Waals surface area contributed by atoms with Crippen molar-refractivity contribution in [2.45, 2.75) is 12.8 Å². The molecular formula is C11H12N2O3. The average Bonchev–Trinajstić information content (AvgIpc) is 2.30. The van der Waals surface area contributed by atoms with Gasteiger partial charge in [0.15, 0.2) is 12.0 Å². The number of nitrogens with two attached hydrogens (primary N) is 1. The first-order chi connectivity index (χ1) is 7.75. The number of rotatable bonds is 2. The number of carbonyl (C=O) groups is 1. The summed E-state index contributed by atoms with van der Waals surface area (Å²) in [5.74, 6) is 0.788. The van der Waals surface area contributed by atoms with Gasteiger partial charge in [0.25, 0.3) is 0 Å². The Kier molecular flexibility index (Phi) is 2.95. The molecule has 0 aromatic rings. The quantitative estimate of drug-likeness (QED) is 0.742. The van der Waals surface area contributed by atoms with Gasteiger partial charge in [0, 0.05) is 0 Å². The Morgan fingerprint density at radius 2 is 2.31 bits per heavy atom. The monoisotopic (exact) mass is 220 g/mol. The molecule has 1 aliphatic carbocycles. The number of amides is 2. The van der Waals surface area contributed by atoms with E-state index in [4.69, 9.17) is 15.2 Å². The van der Waals surface area contributed by atoms with Crippen LogP contribution in [0.15, 0.2) is 48.0 Å². The van der Waals surface area contributed by atoms with Crippen molar-refractivity contribution >= 4 is 6.03 Å². The summed E-state index contributed by atoms with van der Waals surface area (Å²) in [4.78, 5) is 10.6. The lowest BCUT2D eigenvalue weighted by Crippen LogP contribution is -2.30. The largest absolute Gasteiger partial charge is 0.463 e. The third-order valence-electron chi connectivity index (χ3n) is 2.15. The summed E-state index contributed by atoms with van der Waals surface area (Å²) in [6, 6.07) is -0.686. The molecule has 5 nitrogen and oxygen atoms in total. The van der Waals surface area contributed by atoms with Crippen molar-refractivity contribution in [3.8, 4) is 0 Å². The zero-order valence-electron chi connectivity index (χ0n) is 8.60. The molecule has 2 amide bonds. The molecule has 0 spiro atoms. The van der Waals surface area contributed by atoms with Gasteiger partial charge in [0.05, 0.1) is 0 Å². The maximum Gasteiger partial charge on any atom is 0.319 e. The van der Waals surface area contributed by atoms with Crippen molar-refractivity contribution in [1.29, 1.82) is 0 Å². The fraction of sp³-hybridized carbons (Fsp3) is 0.182. The SMILES string of the molecule is NC(=O)NC1=COC=C(C2=CC=CCC2)O1. The fourth-order valence-corrected chi connectivity index (χ4v) is 1.45. The maximum atomic E-state index is 10.6. The molecule has 3 N–H and O–H groups in total. The van der Waals surface area contributed by atoms with Gasteiger partial charge < -0.3 is 15.2 Å². The highest BCUT2D eigenvalue weighted by Crippen LogP contribution is 2.24. The summed E-state index contributed by atoms with van der Waals surface area (Å²) in [7, 11) is 0. The lowest BCUT2D eigenvalue weighted by molar-refractivity contribution is 0.202. The fourth-order valence-electron chi connectivity index (χ4n) is 1.45. The molecule has 0 saturated heterocycles. The molecule has 84 valence electrons. The van der Waals surface area contributed by atoms with Crippen molar-refractivity contribution in [3.63, 3.8) is 0 Å². The van der Waals surface area contributed by atoms with Crippen LogP contribution in [0.1, 0.15) is 12.8 Å². The van der Waals surface area contributed by atoms with Gasteiger partial charge in [-0.05, 0) is 18.4 Å². The van der Waals surface area contributed by atoms with E-state index >= 15 is 0 Å². The molecule has 0 aromatic carbocycles. The standard InChI is InChI=1S/C11H12N2O3/c12-11(14)13-10-7-15-6-9(16-10)8-4-2-1-3-5-8/h1-2,4,6-7H,3,5H2,(H3,12,13,14). The zero-order valence-corrected chi connectivity index (χ0v) is 8.60. The summed E-state index contributed by atoms with van der Waals surface area (Å²) >= 11 is 0. The molecule has 0 saturated carbocycles. The predicted octanol–water partition coefficient (Wildman–Crippen LogP) is 1.62. The van der Waals surface area contributed by atoms with Gasteiger partial charge in [0.1, 0.15) is 6.26 Å². The van der Waals surface area contributed by atoms with E-state index in [1.54, 1.807) is 0 Å². The lowest BCUT2D eigenvalue weighted by Gasteiger charge is -2.18. The normalized spacial score (nSPS) is 18.6. The average molecular weight is 220 g/mol. The first-order valence-electron chi connectivity index (χ1n) is 4.92. The molecule has 0 atom stereocenters. The Labute approximate surface area is 92.9 Å². The number of urea groups is 1. The van der Waals surface area contributed by atoms with E-state index in [9.17, 15) is 4.79 Å². The van der Waals surface area contributed by atoms with Gasteiger partial charge in [-0.2, -0.15) is 0 Å². The number of hydrogen-bond donors (Lipinski definition) is 2. The van der Waals surface area contributed by atoms with Crippen LogP contribution < -0.4 is 11.1 Å². The third kappa shape index (κ3) is 2.44. The van der Waals surface area contributed by atoms with Gasteiger partial charge in [0.2, 0.25) is 5.88 Å². The van der Waals surface area contributed by atoms with Crippen LogP contribution in [-0.4, -0.2) is 6.03 Å². The van der Waals surface area contributed by atoms with E-state index in [1.807, 2.05) is 12.2 Å². The molecule has 16 heavy (non-hydrogen) atoms. The maximum absolute atomic E-state index is 10.6. The van der Waals surface area contributed by atoms with Gasteiger partial charge in [-0.25, -0.2) is 4.79 Å². The second kappa shape index (κ2) is 4.57. The van der Waals surface area contributed by atoms with Crippen LogP contribution in [0.2, 0.25) is 0 Å². The highest BCUT2D eigenvalue weighted by Gasteiger charge is 2.15. The molecule has 2 aliphatic rings. The molecular weight excluding hydrogens is 208 g/mol. The van der Waals surface area contributed by atoms with E-state index in [-0.39, 0.29) is 5.88 Å². The van der Waals surface area contributed by atoms with E-state index in [0.29, 0.717) is 5.76 Å². The van der Waals surface area contributed by atoms with Crippen molar-refractivity contribution in [1.82, 2.24) is 5.32 Å². The number of carbonyl (C=O) groups excluding carboxylic acids is 1. The minimum Gasteiger partial charge on any atom is -0.463 e. The van der Waals surface area contributed by atoms with Crippen LogP contribution in [0, 0.1) is 0 Å². The molecule has 1 aliphatic heterocycles. The highest BCUT2D eigenvalue weighted by molar-refractivity contribution is 5.73. The van der Waals surface area contributed by atoms with E-state index in [1.165, 1.54) is 12.5 Å². The smallest absolute Gasteiger partial charge is 0.319 e. The Morgan fingerprint density at radius 1 is 1.44 bits per heavy atom. The molecule has 0 unspecified atom stereocenters. The Morgan fingerprint density at radius 3 is 3.00 bits per heavy atom. The number of primary amides is 1. The van der Waals surface area contributed by atoms with Gasteiger partial charge in [-0.3, -0.25) is 5.32 Å². The molecule has 1 heterocycles.